The normalized spacial score (nSPS) is 10.0. The Labute approximate surface area is 68.9 Å². The molecule has 1 rings (SSSR count). The second-order valence-corrected chi connectivity index (χ2v) is 2.44. The maximum absolute atomic E-state index is 13.0. The Morgan fingerprint density at radius 2 is 1.92 bits per heavy atom. The molecule has 0 fully saturated rings. The molecular weight excluding hydrogens is 164 g/mol. The Hall–Kier alpha value is -1.32. The van der Waals surface area contributed by atoms with Crippen molar-refractivity contribution in [1.82, 2.24) is 0 Å². The molecule has 66 valence electrons. The SMILES string of the molecule is COc1cc(C)c(F)c(N)c1F. The molecule has 2 N–H and O–H groups in total. The van der Waals surface area contributed by atoms with E-state index in [1.165, 1.54) is 20.1 Å². The average molecular weight is 173 g/mol. The van der Waals surface area contributed by atoms with Crippen LogP contribution in [0.15, 0.2) is 6.07 Å². The summed E-state index contributed by atoms with van der Waals surface area (Å²) in [5, 5.41) is 0. The summed E-state index contributed by atoms with van der Waals surface area (Å²) in [5.74, 6) is -1.61. The van der Waals surface area contributed by atoms with Gasteiger partial charge in [-0.15, -0.1) is 0 Å². The molecule has 0 heterocycles. The summed E-state index contributed by atoms with van der Waals surface area (Å²) < 4.78 is 30.5. The predicted molar refractivity (Wildman–Crippen MR) is 42.1 cm³/mol. The van der Waals surface area contributed by atoms with Crippen molar-refractivity contribution in [1.29, 1.82) is 0 Å². The lowest BCUT2D eigenvalue weighted by molar-refractivity contribution is 0.385. The summed E-state index contributed by atoms with van der Waals surface area (Å²) in [6, 6.07) is 1.26. The van der Waals surface area contributed by atoms with E-state index >= 15 is 0 Å². The molecule has 0 spiro atoms. The highest BCUT2D eigenvalue weighted by Gasteiger charge is 2.13. The lowest BCUT2D eigenvalue weighted by Crippen LogP contribution is -2.00. The predicted octanol–water partition coefficient (Wildman–Crippen LogP) is 1.86. The summed E-state index contributed by atoms with van der Waals surface area (Å²) in [6.45, 7) is 1.49. The van der Waals surface area contributed by atoms with Crippen LogP contribution in [0.1, 0.15) is 5.56 Å². The van der Waals surface area contributed by atoms with Crippen LogP contribution >= 0.6 is 0 Å². The number of nitrogens with two attached hydrogens (primary N) is 1. The molecule has 1 aromatic carbocycles. The van der Waals surface area contributed by atoms with Gasteiger partial charge in [0.05, 0.1) is 7.11 Å². The Morgan fingerprint density at radius 1 is 1.33 bits per heavy atom. The van der Waals surface area contributed by atoms with Crippen molar-refractivity contribution in [2.24, 2.45) is 0 Å². The van der Waals surface area contributed by atoms with Gasteiger partial charge in [-0.1, -0.05) is 0 Å². The van der Waals surface area contributed by atoms with E-state index in [0.29, 0.717) is 0 Å². The van der Waals surface area contributed by atoms with Gasteiger partial charge in [-0.05, 0) is 18.6 Å². The molecule has 0 aliphatic carbocycles. The summed E-state index contributed by atoms with van der Waals surface area (Å²) >= 11 is 0. The van der Waals surface area contributed by atoms with Crippen molar-refractivity contribution < 1.29 is 13.5 Å². The topological polar surface area (TPSA) is 35.2 Å². The third kappa shape index (κ3) is 1.20. The third-order valence-corrected chi connectivity index (χ3v) is 1.60. The molecule has 4 heteroatoms. The highest BCUT2D eigenvalue weighted by Crippen LogP contribution is 2.27. The van der Waals surface area contributed by atoms with E-state index in [9.17, 15) is 8.78 Å². The number of hydrogen-bond donors (Lipinski definition) is 1. The van der Waals surface area contributed by atoms with Crippen LogP contribution < -0.4 is 10.5 Å². The lowest BCUT2D eigenvalue weighted by atomic mass is 10.2. The standard InChI is InChI=1S/C8H9F2NO/c1-4-3-5(12-2)7(10)8(11)6(4)9/h3H,11H2,1-2H3. The zero-order chi connectivity index (χ0) is 9.30. The van der Waals surface area contributed by atoms with Crippen LogP contribution in [0.4, 0.5) is 14.5 Å². The zero-order valence-electron chi connectivity index (χ0n) is 6.82. The first-order valence-electron chi connectivity index (χ1n) is 3.36. The second kappa shape index (κ2) is 2.97. The van der Waals surface area contributed by atoms with Gasteiger partial charge in [0.2, 0.25) is 0 Å². The molecule has 0 aromatic heterocycles. The molecular formula is C8H9F2NO. The van der Waals surface area contributed by atoms with Crippen LogP contribution in [0.25, 0.3) is 0 Å². The lowest BCUT2D eigenvalue weighted by Gasteiger charge is -2.06. The quantitative estimate of drug-likeness (QED) is 0.658. The van der Waals surface area contributed by atoms with E-state index in [1.807, 2.05) is 0 Å². The summed E-state index contributed by atoms with van der Waals surface area (Å²) in [6.07, 6.45) is 0. The van der Waals surface area contributed by atoms with E-state index < -0.39 is 17.3 Å². The Bertz CT molecular complexity index is 312. The molecule has 0 bridgehead atoms. The molecule has 1 aromatic rings. The molecule has 0 aliphatic heterocycles. The largest absolute Gasteiger partial charge is 0.494 e. The number of halogens is 2. The molecule has 0 radical (unpaired) electrons. The number of hydrogen-bond acceptors (Lipinski definition) is 2. The molecule has 0 unspecified atom stereocenters. The van der Waals surface area contributed by atoms with E-state index in [1.54, 1.807) is 0 Å². The van der Waals surface area contributed by atoms with Crippen LogP contribution in [-0.4, -0.2) is 7.11 Å². The highest BCUT2D eigenvalue weighted by molar-refractivity contribution is 5.50. The van der Waals surface area contributed by atoms with Crippen LogP contribution in [0.2, 0.25) is 0 Å². The van der Waals surface area contributed by atoms with E-state index in [4.69, 9.17) is 5.73 Å². The molecule has 2 nitrogen and oxygen atoms in total. The van der Waals surface area contributed by atoms with Gasteiger partial charge in [0.25, 0.3) is 0 Å². The van der Waals surface area contributed by atoms with Gasteiger partial charge in [-0.3, -0.25) is 0 Å². The van der Waals surface area contributed by atoms with Gasteiger partial charge < -0.3 is 10.5 Å². The first kappa shape index (κ1) is 8.77. The zero-order valence-corrected chi connectivity index (χ0v) is 6.82. The van der Waals surface area contributed by atoms with Gasteiger partial charge in [0, 0.05) is 0 Å². The Morgan fingerprint density at radius 3 is 2.42 bits per heavy atom. The van der Waals surface area contributed by atoms with Crippen LogP contribution in [0.5, 0.6) is 5.75 Å². The third-order valence-electron chi connectivity index (χ3n) is 1.60. The fourth-order valence-electron chi connectivity index (χ4n) is 0.913. The molecule has 12 heavy (non-hydrogen) atoms. The van der Waals surface area contributed by atoms with Gasteiger partial charge >= 0.3 is 0 Å². The minimum absolute atomic E-state index is 0.0357. The van der Waals surface area contributed by atoms with Crippen molar-refractivity contribution in [2.75, 3.05) is 12.8 Å². The molecule has 0 atom stereocenters. The fraction of sp³-hybridized carbons (Fsp3) is 0.250. The van der Waals surface area contributed by atoms with Crippen molar-refractivity contribution in [2.45, 2.75) is 6.92 Å². The van der Waals surface area contributed by atoms with Gasteiger partial charge in [-0.2, -0.15) is 0 Å². The number of rotatable bonds is 1. The number of anilines is 1. The van der Waals surface area contributed by atoms with E-state index in [0.717, 1.165) is 0 Å². The molecule has 0 aliphatic rings. The first-order chi connectivity index (χ1) is 5.57. The van der Waals surface area contributed by atoms with Gasteiger partial charge in [-0.25, -0.2) is 8.78 Å². The Balaban J connectivity index is 3.39. The highest BCUT2D eigenvalue weighted by atomic mass is 19.1. The van der Waals surface area contributed by atoms with Gasteiger partial charge in [0.1, 0.15) is 5.69 Å². The number of nitrogen functional groups attached to an aromatic ring is 1. The minimum Gasteiger partial charge on any atom is -0.494 e. The maximum atomic E-state index is 13.0. The van der Waals surface area contributed by atoms with Crippen LogP contribution in [0, 0.1) is 18.6 Å². The first-order valence-corrected chi connectivity index (χ1v) is 3.36. The number of aryl methyl sites for hydroxylation is 1. The van der Waals surface area contributed by atoms with Crippen LogP contribution in [-0.2, 0) is 0 Å². The van der Waals surface area contributed by atoms with Crippen molar-refractivity contribution in [3.05, 3.63) is 23.3 Å². The summed E-state index contributed by atoms with van der Waals surface area (Å²) in [5.41, 5.74) is 4.90. The summed E-state index contributed by atoms with van der Waals surface area (Å²) in [7, 11) is 1.30. The van der Waals surface area contributed by atoms with Crippen molar-refractivity contribution in [3.8, 4) is 5.75 Å². The fourth-order valence-corrected chi connectivity index (χ4v) is 0.913. The molecule has 0 saturated heterocycles. The number of methoxy groups -OCH3 is 1. The van der Waals surface area contributed by atoms with E-state index in [-0.39, 0.29) is 11.3 Å². The van der Waals surface area contributed by atoms with Crippen molar-refractivity contribution in [3.63, 3.8) is 0 Å². The second-order valence-electron chi connectivity index (χ2n) is 2.44. The number of ether oxygens (including phenoxy) is 1. The number of benzene rings is 1. The molecule has 0 saturated carbocycles. The van der Waals surface area contributed by atoms with Crippen molar-refractivity contribution >= 4 is 5.69 Å². The Kier molecular flexibility index (Phi) is 2.17. The van der Waals surface area contributed by atoms with Gasteiger partial charge in [0.15, 0.2) is 17.4 Å². The average Bonchev–Trinajstić information content (AvgIpc) is 2.08. The minimum atomic E-state index is -0.847. The smallest absolute Gasteiger partial charge is 0.190 e. The molecule has 0 amide bonds. The van der Waals surface area contributed by atoms with E-state index in [2.05, 4.69) is 4.74 Å². The maximum Gasteiger partial charge on any atom is 0.190 e. The van der Waals surface area contributed by atoms with Crippen LogP contribution in [0.3, 0.4) is 0 Å². The monoisotopic (exact) mass is 173 g/mol. The summed E-state index contributed by atoms with van der Waals surface area (Å²) in [4.78, 5) is 0.